The van der Waals surface area contributed by atoms with E-state index in [4.69, 9.17) is 9.90 Å². The van der Waals surface area contributed by atoms with E-state index >= 15 is 0 Å². The number of aliphatic carboxylic acids is 1. The molecule has 1 aliphatic rings. The van der Waals surface area contributed by atoms with Crippen molar-refractivity contribution in [2.75, 3.05) is 20.2 Å². The molecule has 0 bridgehead atoms. The van der Waals surface area contributed by atoms with Crippen molar-refractivity contribution in [2.24, 2.45) is 0 Å². The molecule has 1 unspecified atom stereocenters. The molecule has 162 valence electrons. The number of alkyl halides is 3. The molecule has 2 rings (SSSR count). The maximum absolute atomic E-state index is 11.4. The molecular weight excluding hydrogens is 417 g/mol. The highest BCUT2D eigenvalue weighted by Crippen LogP contribution is 2.26. The monoisotopic (exact) mass is 438 g/mol. The van der Waals surface area contributed by atoms with Crippen molar-refractivity contribution in [2.45, 2.75) is 37.7 Å². The molecule has 29 heavy (non-hydrogen) atoms. The summed E-state index contributed by atoms with van der Waals surface area (Å²) in [6.45, 7) is 3.66. The second-order valence-electron chi connectivity index (χ2n) is 5.79. The highest BCUT2D eigenvalue weighted by Gasteiger charge is 2.38. The molecule has 0 radical (unpaired) electrons. The molecule has 1 atom stereocenters. The normalized spacial score (nSPS) is 18.0. The van der Waals surface area contributed by atoms with E-state index in [0.29, 0.717) is 6.54 Å². The second-order valence-corrected chi connectivity index (χ2v) is 7.17. The number of piperidine rings is 1. The third kappa shape index (κ3) is 9.09. The van der Waals surface area contributed by atoms with Crippen molar-refractivity contribution >= 4 is 34.9 Å². The van der Waals surface area contributed by atoms with Crippen molar-refractivity contribution in [1.82, 2.24) is 20.3 Å². The molecule has 1 fully saturated rings. The van der Waals surface area contributed by atoms with E-state index in [2.05, 4.69) is 20.4 Å². The van der Waals surface area contributed by atoms with Gasteiger partial charge in [0.2, 0.25) is 0 Å². The summed E-state index contributed by atoms with van der Waals surface area (Å²) in [6, 6.07) is 0. The smallest absolute Gasteiger partial charge is 0.475 e. The molecule has 0 aromatic carbocycles. The predicted molar refractivity (Wildman–Crippen MR) is 97.9 cm³/mol. The van der Waals surface area contributed by atoms with Gasteiger partial charge in [-0.15, -0.1) is 5.10 Å². The summed E-state index contributed by atoms with van der Waals surface area (Å²) < 4.78 is 38.0. The Labute approximate surface area is 168 Å². The SMILES string of the molecule is COC(=O)CCn1nncc1/C=C1\CNCCC1SC(C)=O.O=C(O)C(F)(F)F. The Hall–Kier alpha value is -2.41. The number of aromatic nitrogens is 3. The van der Waals surface area contributed by atoms with Gasteiger partial charge >= 0.3 is 18.1 Å². The first-order chi connectivity index (χ1) is 13.5. The molecule has 0 spiro atoms. The quantitative estimate of drug-likeness (QED) is 0.658. The summed E-state index contributed by atoms with van der Waals surface area (Å²) in [7, 11) is 1.36. The maximum Gasteiger partial charge on any atom is 0.490 e. The number of nitrogens with one attached hydrogen (secondary N) is 1. The minimum atomic E-state index is -5.08. The van der Waals surface area contributed by atoms with Gasteiger partial charge in [-0.1, -0.05) is 17.0 Å². The topological polar surface area (TPSA) is 123 Å². The van der Waals surface area contributed by atoms with Crippen LogP contribution in [0.25, 0.3) is 6.08 Å². The summed E-state index contributed by atoms with van der Waals surface area (Å²) in [4.78, 5) is 31.5. The molecule has 9 nitrogen and oxygen atoms in total. The Morgan fingerprint density at radius 1 is 1.45 bits per heavy atom. The average Bonchev–Trinajstić information content (AvgIpc) is 3.07. The van der Waals surface area contributed by atoms with E-state index in [-0.39, 0.29) is 22.8 Å². The number of halogens is 3. The number of thioether (sulfide) groups is 1. The Bertz CT molecular complexity index is 751. The van der Waals surface area contributed by atoms with Crippen molar-refractivity contribution in [3.05, 3.63) is 17.5 Å². The summed E-state index contributed by atoms with van der Waals surface area (Å²) >= 11 is 1.36. The van der Waals surface area contributed by atoms with E-state index in [1.54, 1.807) is 17.8 Å². The molecule has 1 aromatic heterocycles. The van der Waals surface area contributed by atoms with Crippen LogP contribution in [0.4, 0.5) is 13.2 Å². The van der Waals surface area contributed by atoms with Crippen LogP contribution in [0, 0.1) is 0 Å². The van der Waals surface area contributed by atoms with Gasteiger partial charge in [-0.25, -0.2) is 9.48 Å². The van der Waals surface area contributed by atoms with Crippen LogP contribution in [0.2, 0.25) is 0 Å². The number of hydrogen-bond acceptors (Lipinski definition) is 8. The van der Waals surface area contributed by atoms with Crippen LogP contribution in [0.15, 0.2) is 11.8 Å². The number of esters is 1. The van der Waals surface area contributed by atoms with Gasteiger partial charge in [0.05, 0.1) is 32.0 Å². The standard InChI is InChI=1S/C14H20N4O3S.C2HF3O2/c1-10(19)22-13-3-5-15-8-11(13)7-12-9-16-17-18(12)6-4-14(20)21-2;3-2(4,5)1(6)7/h7,9,13,15H,3-6,8H2,1-2H3;(H,6,7)/b11-7+;. The molecule has 1 aliphatic heterocycles. The van der Waals surface area contributed by atoms with E-state index in [1.165, 1.54) is 18.9 Å². The number of carbonyl (C=O) groups excluding carboxylic acids is 2. The fourth-order valence-electron chi connectivity index (χ4n) is 2.28. The minimum absolute atomic E-state index is 0.120. The van der Waals surface area contributed by atoms with E-state index in [0.717, 1.165) is 30.8 Å². The van der Waals surface area contributed by atoms with Crippen LogP contribution in [0.3, 0.4) is 0 Å². The number of carboxylic acids is 1. The number of aryl methyl sites for hydroxylation is 1. The summed E-state index contributed by atoms with van der Waals surface area (Å²) in [5, 5.41) is 18.6. The lowest BCUT2D eigenvalue weighted by Gasteiger charge is -2.24. The Kier molecular flexibility index (Phi) is 9.81. The van der Waals surface area contributed by atoms with Crippen molar-refractivity contribution < 1.29 is 37.4 Å². The number of rotatable bonds is 5. The Morgan fingerprint density at radius 3 is 2.66 bits per heavy atom. The van der Waals surface area contributed by atoms with Gasteiger partial charge in [0, 0.05) is 18.7 Å². The lowest BCUT2D eigenvalue weighted by Crippen LogP contribution is -2.32. The highest BCUT2D eigenvalue weighted by atomic mass is 32.2. The van der Waals surface area contributed by atoms with E-state index in [9.17, 15) is 22.8 Å². The predicted octanol–water partition coefficient (Wildman–Crippen LogP) is 1.50. The Balaban J connectivity index is 0.000000516. The first-order valence-electron chi connectivity index (χ1n) is 8.38. The Morgan fingerprint density at radius 2 is 2.10 bits per heavy atom. The van der Waals surface area contributed by atoms with Gasteiger partial charge in [-0.2, -0.15) is 13.2 Å². The zero-order valence-corrected chi connectivity index (χ0v) is 16.5. The number of hydrogen-bond donors (Lipinski definition) is 2. The minimum Gasteiger partial charge on any atom is -0.475 e. The van der Waals surface area contributed by atoms with Crippen molar-refractivity contribution in [3.8, 4) is 0 Å². The van der Waals surface area contributed by atoms with Gasteiger partial charge < -0.3 is 15.2 Å². The lowest BCUT2D eigenvalue weighted by molar-refractivity contribution is -0.192. The van der Waals surface area contributed by atoms with Crippen LogP contribution >= 0.6 is 11.8 Å². The summed E-state index contributed by atoms with van der Waals surface area (Å²) in [6.07, 6.45) is -0.252. The van der Waals surface area contributed by atoms with Gasteiger partial charge in [0.1, 0.15) is 0 Å². The van der Waals surface area contributed by atoms with Crippen LogP contribution in [0.1, 0.15) is 25.5 Å². The largest absolute Gasteiger partial charge is 0.490 e. The first kappa shape index (κ1) is 24.6. The molecule has 0 saturated carbocycles. The van der Waals surface area contributed by atoms with E-state index < -0.39 is 12.1 Å². The van der Waals surface area contributed by atoms with Crippen LogP contribution < -0.4 is 5.32 Å². The molecule has 0 amide bonds. The molecule has 1 saturated heterocycles. The van der Waals surface area contributed by atoms with Crippen LogP contribution in [0.5, 0.6) is 0 Å². The van der Waals surface area contributed by atoms with E-state index in [1.807, 2.05) is 6.08 Å². The maximum atomic E-state index is 11.4. The number of carboxylic acid groups (broad SMARTS) is 1. The fourth-order valence-corrected chi connectivity index (χ4v) is 3.22. The highest BCUT2D eigenvalue weighted by molar-refractivity contribution is 8.14. The van der Waals surface area contributed by atoms with Gasteiger partial charge in [0.25, 0.3) is 0 Å². The number of carbonyl (C=O) groups is 3. The number of ether oxygens (including phenoxy) is 1. The summed E-state index contributed by atoms with van der Waals surface area (Å²) in [5.41, 5.74) is 1.98. The third-order valence-corrected chi connectivity index (χ3v) is 4.77. The zero-order chi connectivity index (χ0) is 22.0. The average molecular weight is 438 g/mol. The lowest BCUT2D eigenvalue weighted by atomic mass is 10.0. The zero-order valence-electron chi connectivity index (χ0n) is 15.7. The number of nitrogens with zero attached hydrogens (tertiary/aromatic N) is 3. The van der Waals surface area contributed by atoms with Crippen molar-refractivity contribution in [3.63, 3.8) is 0 Å². The fraction of sp³-hybridized carbons (Fsp3) is 0.562. The molecule has 2 N–H and O–H groups in total. The molecular formula is C16H21F3N4O5S. The van der Waals surface area contributed by atoms with Crippen molar-refractivity contribution in [1.29, 1.82) is 0 Å². The molecule has 1 aromatic rings. The van der Waals surface area contributed by atoms with Crippen LogP contribution in [-0.2, 0) is 25.7 Å². The van der Waals surface area contributed by atoms with Gasteiger partial charge in [-0.3, -0.25) is 9.59 Å². The van der Waals surface area contributed by atoms with Gasteiger partial charge in [-0.05, 0) is 24.6 Å². The summed E-state index contributed by atoms with van der Waals surface area (Å²) in [5.74, 6) is -3.04. The van der Waals surface area contributed by atoms with Gasteiger partial charge in [0.15, 0.2) is 5.12 Å². The first-order valence-corrected chi connectivity index (χ1v) is 9.26. The number of methoxy groups -OCH3 is 1. The second kappa shape index (κ2) is 11.6. The molecule has 13 heteroatoms. The van der Waals surface area contributed by atoms with Crippen LogP contribution in [-0.4, -0.2) is 68.8 Å². The molecule has 0 aliphatic carbocycles. The third-order valence-electron chi connectivity index (χ3n) is 3.61. The molecule has 2 heterocycles.